The van der Waals surface area contributed by atoms with E-state index < -0.39 is 17.8 Å². The van der Waals surface area contributed by atoms with E-state index in [9.17, 15) is 19.5 Å². The van der Waals surface area contributed by atoms with Gasteiger partial charge in [0, 0.05) is 6.04 Å². The molecule has 0 spiro atoms. The zero-order valence-electron chi connectivity index (χ0n) is 13.2. The standard InChI is InChI=1S/C18H20N2O4/c21-16(12-5-1-2-6-13(12)18(23)24)20-15-8-4-3-7-14(15)17(22)19-11-9-10-11/h1-4,7-8,11-13H,5-6,9-10H2,(H,19,22)(H,20,21)(H,23,24)/t12-,13+/m0/s1. The molecule has 0 unspecified atom stereocenters. The van der Waals surface area contributed by atoms with E-state index in [0.29, 0.717) is 24.1 Å². The van der Waals surface area contributed by atoms with E-state index in [1.807, 2.05) is 6.08 Å². The van der Waals surface area contributed by atoms with Crippen LogP contribution >= 0.6 is 0 Å². The first-order valence-electron chi connectivity index (χ1n) is 8.15. The van der Waals surface area contributed by atoms with E-state index in [4.69, 9.17) is 0 Å². The predicted molar refractivity (Wildman–Crippen MR) is 88.5 cm³/mol. The average Bonchev–Trinajstić information content (AvgIpc) is 3.39. The number of anilines is 1. The van der Waals surface area contributed by atoms with Crippen LogP contribution in [0.4, 0.5) is 5.69 Å². The van der Waals surface area contributed by atoms with E-state index in [-0.39, 0.29) is 17.9 Å². The van der Waals surface area contributed by atoms with Crippen molar-refractivity contribution in [2.75, 3.05) is 5.32 Å². The summed E-state index contributed by atoms with van der Waals surface area (Å²) in [4.78, 5) is 36.2. The molecule has 6 nitrogen and oxygen atoms in total. The number of carboxylic acids is 1. The Hall–Kier alpha value is -2.63. The highest BCUT2D eigenvalue weighted by Gasteiger charge is 2.34. The minimum atomic E-state index is -0.973. The number of hydrogen-bond acceptors (Lipinski definition) is 3. The summed E-state index contributed by atoms with van der Waals surface area (Å²) in [6.45, 7) is 0. The molecule has 2 aliphatic carbocycles. The molecule has 126 valence electrons. The number of benzene rings is 1. The fourth-order valence-electron chi connectivity index (χ4n) is 2.88. The van der Waals surface area contributed by atoms with Gasteiger partial charge in [0.25, 0.3) is 5.91 Å². The maximum Gasteiger partial charge on any atom is 0.307 e. The van der Waals surface area contributed by atoms with Crippen LogP contribution in [0, 0.1) is 11.8 Å². The maximum atomic E-state index is 12.6. The van der Waals surface area contributed by atoms with Crippen molar-refractivity contribution < 1.29 is 19.5 Å². The SMILES string of the molecule is O=C(NC1CC1)c1ccccc1NC(=O)[C@H]1CC=CC[C@H]1C(=O)O. The summed E-state index contributed by atoms with van der Waals surface area (Å²) in [6, 6.07) is 7.01. The number of carbonyl (C=O) groups is 3. The number of para-hydroxylation sites is 1. The van der Waals surface area contributed by atoms with E-state index in [1.165, 1.54) is 0 Å². The van der Waals surface area contributed by atoms with Gasteiger partial charge >= 0.3 is 5.97 Å². The van der Waals surface area contributed by atoms with Crippen LogP contribution in [0.2, 0.25) is 0 Å². The Labute approximate surface area is 139 Å². The third kappa shape index (κ3) is 3.64. The second kappa shape index (κ2) is 6.86. The Kier molecular flexibility index (Phi) is 4.64. The number of nitrogens with one attached hydrogen (secondary N) is 2. The molecule has 0 aromatic heterocycles. The Bertz CT molecular complexity index is 694. The lowest BCUT2D eigenvalue weighted by Gasteiger charge is -2.24. The lowest BCUT2D eigenvalue weighted by Crippen LogP contribution is -2.35. The lowest BCUT2D eigenvalue weighted by atomic mass is 9.82. The average molecular weight is 328 g/mol. The van der Waals surface area contributed by atoms with Gasteiger partial charge in [0.2, 0.25) is 5.91 Å². The summed E-state index contributed by atoms with van der Waals surface area (Å²) in [5.74, 6) is -2.92. The minimum absolute atomic E-state index is 0.216. The second-order valence-electron chi connectivity index (χ2n) is 6.28. The number of rotatable bonds is 5. The summed E-state index contributed by atoms with van der Waals surface area (Å²) < 4.78 is 0. The second-order valence-corrected chi connectivity index (χ2v) is 6.28. The van der Waals surface area contributed by atoms with Crippen LogP contribution in [-0.4, -0.2) is 28.9 Å². The van der Waals surface area contributed by atoms with E-state index in [2.05, 4.69) is 10.6 Å². The molecule has 0 saturated heterocycles. The van der Waals surface area contributed by atoms with Crippen LogP contribution in [0.3, 0.4) is 0 Å². The largest absolute Gasteiger partial charge is 0.481 e. The highest BCUT2D eigenvalue weighted by Crippen LogP contribution is 2.28. The molecule has 1 aromatic carbocycles. The monoisotopic (exact) mass is 328 g/mol. The Morgan fingerprint density at radius 3 is 2.33 bits per heavy atom. The minimum Gasteiger partial charge on any atom is -0.481 e. The van der Waals surface area contributed by atoms with Crippen molar-refractivity contribution in [2.45, 2.75) is 31.7 Å². The molecule has 24 heavy (non-hydrogen) atoms. The van der Waals surface area contributed by atoms with Crippen LogP contribution in [0.1, 0.15) is 36.0 Å². The molecule has 2 amide bonds. The summed E-state index contributed by atoms with van der Waals surface area (Å²) in [7, 11) is 0. The fraction of sp³-hybridized carbons (Fsp3) is 0.389. The van der Waals surface area contributed by atoms with Gasteiger partial charge in [-0.25, -0.2) is 0 Å². The fourth-order valence-corrected chi connectivity index (χ4v) is 2.88. The van der Waals surface area contributed by atoms with Gasteiger partial charge in [0.05, 0.1) is 23.1 Å². The normalized spacial score (nSPS) is 22.7. The van der Waals surface area contributed by atoms with Gasteiger partial charge in [-0.15, -0.1) is 0 Å². The van der Waals surface area contributed by atoms with Crippen LogP contribution in [0.5, 0.6) is 0 Å². The summed E-state index contributed by atoms with van der Waals surface area (Å²) in [5, 5.41) is 14.9. The van der Waals surface area contributed by atoms with Gasteiger partial charge in [-0.1, -0.05) is 24.3 Å². The zero-order chi connectivity index (χ0) is 17.1. The molecule has 0 heterocycles. The highest BCUT2D eigenvalue weighted by molar-refractivity contribution is 6.05. The molecule has 2 aliphatic rings. The summed E-state index contributed by atoms with van der Waals surface area (Å²) >= 11 is 0. The summed E-state index contributed by atoms with van der Waals surface area (Å²) in [5.41, 5.74) is 0.815. The number of aliphatic carboxylic acids is 1. The lowest BCUT2D eigenvalue weighted by molar-refractivity contribution is -0.146. The van der Waals surface area contributed by atoms with Gasteiger partial charge < -0.3 is 15.7 Å². The first-order valence-corrected chi connectivity index (χ1v) is 8.15. The zero-order valence-corrected chi connectivity index (χ0v) is 13.2. The van der Waals surface area contributed by atoms with Crippen molar-refractivity contribution in [3.8, 4) is 0 Å². The molecular weight excluding hydrogens is 308 g/mol. The van der Waals surface area contributed by atoms with Crippen molar-refractivity contribution in [3.05, 3.63) is 42.0 Å². The maximum absolute atomic E-state index is 12.6. The third-order valence-corrected chi connectivity index (χ3v) is 4.43. The first kappa shape index (κ1) is 16.2. The Morgan fingerprint density at radius 1 is 1.00 bits per heavy atom. The van der Waals surface area contributed by atoms with E-state index >= 15 is 0 Å². The molecule has 1 fully saturated rings. The van der Waals surface area contributed by atoms with Crippen molar-refractivity contribution in [1.82, 2.24) is 5.32 Å². The Morgan fingerprint density at radius 2 is 1.67 bits per heavy atom. The molecule has 0 bridgehead atoms. The van der Waals surface area contributed by atoms with Crippen molar-refractivity contribution >= 4 is 23.5 Å². The number of allylic oxidation sites excluding steroid dienone is 2. The number of amides is 2. The van der Waals surface area contributed by atoms with Crippen LogP contribution < -0.4 is 10.6 Å². The van der Waals surface area contributed by atoms with Gasteiger partial charge in [0.15, 0.2) is 0 Å². The van der Waals surface area contributed by atoms with Crippen LogP contribution in [-0.2, 0) is 9.59 Å². The molecule has 6 heteroatoms. The number of hydrogen-bond donors (Lipinski definition) is 3. The van der Waals surface area contributed by atoms with E-state index in [1.54, 1.807) is 30.3 Å². The molecule has 3 N–H and O–H groups in total. The smallest absolute Gasteiger partial charge is 0.307 e. The van der Waals surface area contributed by atoms with Gasteiger partial charge in [-0.05, 0) is 37.8 Å². The Balaban J connectivity index is 1.75. The van der Waals surface area contributed by atoms with Crippen molar-refractivity contribution in [2.24, 2.45) is 11.8 Å². The van der Waals surface area contributed by atoms with E-state index in [0.717, 1.165) is 12.8 Å². The highest BCUT2D eigenvalue weighted by atomic mass is 16.4. The predicted octanol–water partition coefficient (Wildman–Crippen LogP) is 2.18. The number of carboxylic acid groups (broad SMARTS) is 1. The van der Waals surface area contributed by atoms with Gasteiger partial charge in [-0.3, -0.25) is 14.4 Å². The topological polar surface area (TPSA) is 95.5 Å². The number of carbonyl (C=O) groups excluding carboxylic acids is 2. The first-order chi connectivity index (χ1) is 11.6. The van der Waals surface area contributed by atoms with Gasteiger partial charge in [0.1, 0.15) is 0 Å². The third-order valence-electron chi connectivity index (χ3n) is 4.43. The van der Waals surface area contributed by atoms with Crippen molar-refractivity contribution in [3.63, 3.8) is 0 Å². The molecule has 1 saturated carbocycles. The van der Waals surface area contributed by atoms with Crippen LogP contribution in [0.15, 0.2) is 36.4 Å². The molecule has 0 radical (unpaired) electrons. The van der Waals surface area contributed by atoms with Crippen LogP contribution in [0.25, 0.3) is 0 Å². The summed E-state index contributed by atoms with van der Waals surface area (Å²) in [6.07, 6.45) is 6.31. The molecule has 3 rings (SSSR count). The van der Waals surface area contributed by atoms with Gasteiger partial charge in [-0.2, -0.15) is 0 Å². The molecule has 0 aliphatic heterocycles. The molecule has 1 aromatic rings. The molecule has 2 atom stereocenters. The molecular formula is C18H20N2O4. The quantitative estimate of drug-likeness (QED) is 0.722. The van der Waals surface area contributed by atoms with Crippen molar-refractivity contribution in [1.29, 1.82) is 0 Å².